The summed E-state index contributed by atoms with van der Waals surface area (Å²) in [5.74, 6) is 0.742. The van der Waals surface area contributed by atoms with Crippen molar-refractivity contribution in [3.63, 3.8) is 0 Å². The molecule has 2 aromatic heterocycles. The molecule has 0 saturated carbocycles. The number of nitrogens with zero attached hydrogens (tertiary/aromatic N) is 3. The lowest BCUT2D eigenvalue weighted by Gasteiger charge is -2.31. The molecule has 0 bridgehead atoms. The summed E-state index contributed by atoms with van der Waals surface area (Å²) in [4.78, 5) is 16.3. The van der Waals surface area contributed by atoms with Gasteiger partial charge in [-0.1, -0.05) is 24.3 Å². The van der Waals surface area contributed by atoms with Crippen LogP contribution in [0.3, 0.4) is 0 Å². The van der Waals surface area contributed by atoms with Gasteiger partial charge in [0.05, 0.1) is 16.1 Å². The molecule has 0 radical (unpaired) electrons. The molecular weight excluding hydrogens is 356 g/mol. The van der Waals surface area contributed by atoms with Crippen molar-refractivity contribution in [2.75, 3.05) is 26.7 Å². The highest BCUT2D eigenvalue weighted by Crippen LogP contribution is 2.29. The number of amides is 1. The van der Waals surface area contributed by atoms with E-state index in [0.717, 1.165) is 48.7 Å². The largest absolute Gasteiger partial charge is 0.339 e. The van der Waals surface area contributed by atoms with Gasteiger partial charge >= 0.3 is 0 Å². The van der Waals surface area contributed by atoms with Gasteiger partial charge in [-0.2, -0.15) is 5.10 Å². The molecule has 27 heavy (non-hydrogen) atoms. The number of nitrogens with one attached hydrogen (secondary N) is 1. The number of carbonyl (C=O) groups is 1. The monoisotopic (exact) mass is 380 g/mol. The standard InChI is InChI=1S/C21H24N4OS/c1-22-14-16-9-11-24(12-10-16)21(26)18-15-25(17-6-3-2-4-7-17)23-20(18)19-8-5-13-27-19/h2-8,13,15-16,22H,9-12,14H2,1H3. The van der Waals surface area contributed by atoms with Gasteiger partial charge in [-0.05, 0) is 55.9 Å². The summed E-state index contributed by atoms with van der Waals surface area (Å²) in [7, 11) is 1.99. The van der Waals surface area contributed by atoms with Crippen molar-refractivity contribution in [2.45, 2.75) is 12.8 Å². The SMILES string of the molecule is CNCC1CCN(C(=O)c2cn(-c3ccccc3)nc2-c2cccs2)CC1. The van der Waals surface area contributed by atoms with Gasteiger partial charge in [0.25, 0.3) is 5.91 Å². The Labute approximate surface area is 163 Å². The van der Waals surface area contributed by atoms with Crippen molar-refractivity contribution in [3.05, 3.63) is 59.6 Å². The van der Waals surface area contributed by atoms with Crippen molar-refractivity contribution in [1.29, 1.82) is 0 Å². The van der Waals surface area contributed by atoms with E-state index < -0.39 is 0 Å². The Morgan fingerprint density at radius 1 is 1.19 bits per heavy atom. The normalized spacial score (nSPS) is 15.2. The van der Waals surface area contributed by atoms with Crippen molar-refractivity contribution in [3.8, 4) is 16.3 Å². The van der Waals surface area contributed by atoms with Gasteiger partial charge in [0.1, 0.15) is 5.69 Å². The maximum Gasteiger partial charge on any atom is 0.257 e. The van der Waals surface area contributed by atoms with Crippen LogP contribution in [0, 0.1) is 5.92 Å². The quantitative estimate of drug-likeness (QED) is 0.735. The van der Waals surface area contributed by atoms with Crippen LogP contribution in [-0.4, -0.2) is 47.3 Å². The summed E-state index contributed by atoms with van der Waals surface area (Å²) >= 11 is 1.61. The molecule has 1 aliphatic heterocycles. The van der Waals surface area contributed by atoms with Crippen LogP contribution in [0.4, 0.5) is 0 Å². The van der Waals surface area contributed by atoms with Crippen LogP contribution in [-0.2, 0) is 0 Å². The minimum Gasteiger partial charge on any atom is -0.339 e. The predicted octanol–water partition coefficient (Wildman–Crippen LogP) is 3.67. The molecule has 1 fully saturated rings. The molecule has 0 spiro atoms. The zero-order chi connectivity index (χ0) is 18.6. The first kappa shape index (κ1) is 17.9. The van der Waals surface area contributed by atoms with E-state index in [9.17, 15) is 4.79 Å². The first-order chi connectivity index (χ1) is 13.3. The van der Waals surface area contributed by atoms with Gasteiger partial charge in [-0.3, -0.25) is 4.79 Å². The number of benzene rings is 1. The summed E-state index contributed by atoms with van der Waals surface area (Å²) in [6.45, 7) is 2.64. The van der Waals surface area contributed by atoms with Gasteiger partial charge in [-0.15, -0.1) is 11.3 Å². The predicted molar refractivity (Wildman–Crippen MR) is 109 cm³/mol. The van der Waals surface area contributed by atoms with Crippen molar-refractivity contribution in [2.24, 2.45) is 5.92 Å². The Kier molecular flexibility index (Phi) is 5.36. The molecule has 0 unspecified atom stereocenters. The lowest BCUT2D eigenvalue weighted by atomic mass is 9.96. The summed E-state index contributed by atoms with van der Waals surface area (Å²) in [6, 6.07) is 14.0. The zero-order valence-electron chi connectivity index (χ0n) is 15.5. The molecule has 3 heterocycles. The van der Waals surface area contributed by atoms with Crippen LogP contribution in [0.1, 0.15) is 23.2 Å². The third kappa shape index (κ3) is 3.82. The van der Waals surface area contributed by atoms with E-state index >= 15 is 0 Å². The molecule has 1 aliphatic rings. The molecule has 6 heteroatoms. The van der Waals surface area contributed by atoms with E-state index in [-0.39, 0.29) is 5.91 Å². The average Bonchev–Trinajstić information content (AvgIpc) is 3.39. The van der Waals surface area contributed by atoms with Gasteiger partial charge in [0.15, 0.2) is 0 Å². The van der Waals surface area contributed by atoms with E-state index in [1.165, 1.54) is 0 Å². The second-order valence-corrected chi connectivity index (χ2v) is 7.89. The first-order valence-electron chi connectivity index (χ1n) is 9.39. The number of thiophene rings is 1. The maximum absolute atomic E-state index is 13.3. The zero-order valence-corrected chi connectivity index (χ0v) is 16.3. The molecule has 0 atom stereocenters. The van der Waals surface area contributed by atoms with Crippen LogP contribution in [0.5, 0.6) is 0 Å². The van der Waals surface area contributed by atoms with Gasteiger partial charge in [-0.25, -0.2) is 4.68 Å². The second-order valence-electron chi connectivity index (χ2n) is 6.94. The van der Waals surface area contributed by atoms with Crippen LogP contribution < -0.4 is 5.32 Å². The number of carbonyl (C=O) groups excluding carboxylic acids is 1. The molecule has 1 saturated heterocycles. The highest BCUT2D eigenvalue weighted by molar-refractivity contribution is 7.13. The molecular formula is C21H24N4OS. The van der Waals surface area contributed by atoms with Crippen molar-refractivity contribution in [1.82, 2.24) is 20.0 Å². The molecule has 0 aliphatic carbocycles. The first-order valence-corrected chi connectivity index (χ1v) is 10.3. The minimum absolute atomic E-state index is 0.0866. The molecule has 5 nitrogen and oxygen atoms in total. The number of likely N-dealkylation sites (tertiary alicyclic amines) is 1. The second kappa shape index (κ2) is 8.06. The van der Waals surface area contributed by atoms with E-state index in [2.05, 4.69) is 5.32 Å². The number of hydrogen-bond acceptors (Lipinski definition) is 4. The van der Waals surface area contributed by atoms with Crippen LogP contribution >= 0.6 is 11.3 Å². The fourth-order valence-corrected chi connectivity index (χ4v) is 4.36. The van der Waals surface area contributed by atoms with Crippen LogP contribution in [0.2, 0.25) is 0 Å². The lowest BCUT2D eigenvalue weighted by Crippen LogP contribution is -2.40. The fourth-order valence-electron chi connectivity index (χ4n) is 3.64. The Hall–Kier alpha value is -2.44. The highest BCUT2D eigenvalue weighted by atomic mass is 32.1. The molecule has 4 rings (SSSR count). The van der Waals surface area contributed by atoms with Crippen LogP contribution in [0.25, 0.3) is 16.3 Å². The Morgan fingerprint density at radius 3 is 2.63 bits per heavy atom. The van der Waals surface area contributed by atoms with Crippen molar-refractivity contribution < 1.29 is 4.79 Å². The third-order valence-electron chi connectivity index (χ3n) is 5.11. The van der Waals surface area contributed by atoms with E-state index in [4.69, 9.17) is 5.10 Å². The summed E-state index contributed by atoms with van der Waals surface area (Å²) in [6.07, 6.45) is 3.98. The topological polar surface area (TPSA) is 50.2 Å². The van der Waals surface area contributed by atoms with E-state index in [1.807, 2.05) is 70.7 Å². The summed E-state index contributed by atoms with van der Waals surface area (Å²) in [5.41, 5.74) is 2.42. The van der Waals surface area contributed by atoms with Crippen molar-refractivity contribution >= 4 is 17.2 Å². The number of rotatable bonds is 5. The highest BCUT2D eigenvalue weighted by Gasteiger charge is 2.27. The fraction of sp³-hybridized carbons (Fsp3) is 0.333. The molecule has 1 amide bonds. The number of hydrogen-bond donors (Lipinski definition) is 1. The lowest BCUT2D eigenvalue weighted by molar-refractivity contribution is 0.0691. The smallest absolute Gasteiger partial charge is 0.257 e. The number of aromatic nitrogens is 2. The number of para-hydroxylation sites is 1. The summed E-state index contributed by atoms with van der Waals surface area (Å²) in [5, 5.41) is 10.0. The minimum atomic E-state index is 0.0866. The molecule has 1 N–H and O–H groups in total. The Morgan fingerprint density at radius 2 is 1.96 bits per heavy atom. The molecule has 1 aromatic carbocycles. The maximum atomic E-state index is 13.3. The Balaban J connectivity index is 1.63. The van der Waals surface area contributed by atoms with Gasteiger partial charge in [0.2, 0.25) is 0 Å². The van der Waals surface area contributed by atoms with E-state index in [0.29, 0.717) is 11.5 Å². The van der Waals surface area contributed by atoms with E-state index in [1.54, 1.807) is 11.3 Å². The molecule has 140 valence electrons. The van der Waals surface area contributed by atoms with Crippen LogP contribution in [0.15, 0.2) is 54.0 Å². The molecule has 3 aromatic rings. The summed E-state index contributed by atoms with van der Waals surface area (Å²) < 4.78 is 1.82. The Bertz CT molecular complexity index is 880. The number of piperidine rings is 1. The third-order valence-corrected chi connectivity index (χ3v) is 5.99. The average molecular weight is 381 g/mol. The van der Waals surface area contributed by atoms with Gasteiger partial charge < -0.3 is 10.2 Å². The van der Waals surface area contributed by atoms with Gasteiger partial charge in [0, 0.05) is 19.3 Å².